The normalized spacial score (nSPS) is 11.8. The average Bonchev–Trinajstić information content (AvgIpc) is 3.16. The molecule has 3 rings (SSSR count). The monoisotopic (exact) mass is 336 g/mol. The SMILES string of the molecule is Cc1ccc(OCC(=O)N[C@H](C)c2ccc(-n3cncn3)cc2)cc1. The van der Waals surface area contributed by atoms with Crippen LogP contribution < -0.4 is 10.1 Å². The number of ether oxygens (including phenoxy) is 1. The van der Waals surface area contributed by atoms with E-state index in [9.17, 15) is 4.79 Å². The fourth-order valence-electron chi connectivity index (χ4n) is 2.41. The summed E-state index contributed by atoms with van der Waals surface area (Å²) in [7, 11) is 0. The lowest BCUT2D eigenvalue weighted by molar-refractivity contribution is -0.123. The number of benzene rings is 2. The fraction of sp³-hybridized carbons (Fsp3) is 0.211. The fourth-order valence-corrected chi connectivity index (χ4v) is 2.41. The molecule has 25 heavy (non-hydrogen) atoms. The molecule has 0 unspecified atom stereocenters. The minimum absolute atomic E-state index is 0.00948. The highest BCUT2D eigenvalue weighted by Crippen LogP contribution is 2.15. The molecule has 0 spiro atoms. The van der Waals surface area contributed by atoms with Crippen LogP contribution >= 0.6 is 0 Å². The van der Waals surface area contributed by atoms with Crippen molar-refractivity contribution < 1.29 is 9.53 Å². The lowest BCUT2D eigenvalue weighted by Crippen LogP contribution is -2.31. The van der Waals surface area contributed by atoms with Crippen molar-refractivity contribution in [2.45, 2.75) is 19.9 Å². The molecule has 0 bridgehead atoms. The van der Waals surface area contributed by atoms with Crippen molar-refractivity contribution in [2.75, 3.05) is 6.61 Å². The van der Waals surface area contributed by atoms with Crippen LogP contribution in [0.3, 0.4) is 0 Å². The summed E-state index contributed by atoms with van der Waals surface area (Å²) in [5.74, 6) is 0.527. The maximum Gasteiger partial charge on any atom is 0.258 e. The molecule has 6 nitrogen and oxygen atoms in total. The van der Waals surface area contributed by atoms with E-state index in [2.05, 4.69) is 15.4 Å². The number of hydrogen-bond donors (Lipinski definition) is 1. The van der Waals surface area contributed by atoms with Crippen molar-refractivity contribution in [2.24, 2.45) is 0 Å². The molecule has 6 heteroatoms. The smallest absolute Gasteiger partial charge is 0.258 e. The Labute approximate surface area is 146 Å². The molecule has 128 valence electrons. The van der Waals surface area contributed by atoms with E-state index in [0.29, 0.717) is 5.75 Å². The van der Waals surface area contributed by atoms with E-state index < -0.39 is 0 Å². The second kappa shape index (κ2) is 7.61. The Bertz CT molecular complexity index is 812. The number of amides is 1. The van der Waals surface area contributed by atoms with Crippen LogP contribution in [0.15, 0.2) is 61.2 Å². The van der Waals surface area contributed by atoms with Gasteiger partial charge in [0.15, 0.2) is 6.61 Å². The largest absolute Gasteiger partial charge is 0.484 e. The molecule has 3 aromatic rings. The van der Waals surface area contributed by atoms with Crippen LogP contribution in [0.2, 0.25) is 0 Å². The van der Waals surface area contributed by atoms with E-state index in [1.54, 1.807) is 11.0 Å². The van der Waals surface area contributed by atoms with Gasteiger partial charge in [-0.15, -0.1) is 0 Å². The van der Waals surface area contributed by atoms with Crippen LogP contribution in [0.4, 0.5) is 0 Å². The molecule has 1 amide bonds. The average molecular weight is 336 g/mol. The molecule has 0 saturated carbocycles. The van der Waals surface area contributed by atoms with Gasteiger partial charge in [-0.05, 0) is 43.7 Å². The highest BCUT2D eigenvalue weighted by Gasteiger charge is 2.10. The minimum atomic E-state index is -0.159. The van der Waals surface area contributed by atoms with Gasteiger partial charge < -0.3 is 10.1 Å². The molecule has 0 aliphatic rings. The number of nitrogens with zero attached hydrogens (tertiary/aromatic N) is 3. The number of aryl methyl sites for hydroxylation is 1. The van der Waals surface area contributed by atoms with Gasteiger partial charge in [0.1, 0.15) is 18.4 Å². The summed E-state index contributed by atoms with van der Waals surface area (Å²) in [4.78, 5) is 16.0. The Hall–Kier alpha value is -3.15. The van der Waals surface area contributed by atoms with Crippen LogP contribution in [0.25, 0.3) is 5.69 Å². The maximum absolute atomic E-state index is 12.1. The summed E-state index contributed by atoms with van der Waals surface area (Å²) in [6, 6.07) is 15.3. The molecule has 0 aliphatic heterocycles. The number of carbonyl (C=O) groups is 1. The zero-order valence-electron chi connectivity index (χ0n) is 14.2. The van der Waals surface area contributed by atoms with Crippen molar-refractivity contribution in [1.29, 1.82) is 0 Å². The van der Waals surface area contributed by atoms with E-state index in [1.807, 2.05) is 62.4 Å². The van der Waals surface area contributed by atoms with Crippen LogP contribution in [0, 0.1) is 6.92 Å². The molecule has 0 radical (unpaired) electrons. The second-order valence-electron chi connectivity index (χ2n) is 5.82. The van der Waals surface area contributed by atoms with E-state index >= 15 is 0 Å². The van der Waals surface area contributed by atoms with E-state index in [4.69, 9.17) is 4.74 Å². The van der Waals surface area contributed by atoms with Crippen LogP contribution in [-0.2, 0) is 4.79 Å². The Kier molecular flexibility index (Phi) is 5.09. The maximum atomic E-state index is 12.1. The van der Waals surface area contributed by atoms with Crippen LogP contribution in [-0.4, -0.2) is 27.3 Å². The third-order valence-corrected chi connectivity index (χ3v) is 3.84. The van der Waals surface area contributed by atoms with E-state index in [-0.39, 0.29) is 18.6 Å². The van der Waals surface area contributed by atoms with Crippen molar-refractivity contribution in [1.82, 2.24) is 20.1 Å². The lowest BCUT2D eigenvalue weighted by atomic mass is 10.1. The van der Waals surface area contributed by atoms with Gasteiger partial charge in [-0.2, -0.15) is 5.10 Å². The molecule has 1 N–H and O–H groups in total. The lowest BCUT2D eigenvalue weighted by Gasteiger charge is -2.15. The summed E-state index contributed by atoms with van der Waals surface area (Å²) in [6.45, 7) is 3.94. The number of hydrogen-bond acceptors (Lipinski definition) is 4. The molecule has 2 aromatic carbocycles. The third kappa shape index (κ3) is 4.44. The van der Waals surface area contributed by atoms with Crippen LogP contribution in [0.1, 0.15) is 24.1 Å². The summed E-state index contributed by atoms with van der Waals surface area (Å²) in [5, 5.41) is 7.02. The first-order valence-corrected chi connectivity index (χ1v) is 8.05. The topological polar surface area (TPSA) is 69.0 Å². The molecule has 0 aliphatic carbocycles. The Morgan fingerprint density at radius 1 is 1.16 bits per heavy atom. The predicted molar refractivity (Wildman–Crippen MR) is 94.6 cm³/mol. The molecule has 1 heterocycles. The quantitative estimate of drug-likeness (QED) is 0.751. The summed E-state index contributed by atoms with van der Waals surface area (Å²) in [6.07, 6.45) is 3.13. The zero-order chi connectivity index (χ0) is 17.6. The van der Waals surface area contributed by atoms with E-state index in [0.717, 1.165) is 16.8 Å². The predicted octanol–water partition coefficient (Wildman–Crippen LogP) is 2.83. The first-order valence-electron chi connectivity index (χ1n) is 8.05. The molecule has 1 atom stereocenters. The van der Waals surface area contributed by atoms with Gasteiger partial charge >= 0.3 is 0 Å². The van der Waals surface area contributed by atoms with Crippen molar-refractivity contribution in [3.63, 3.8) is 0 Å². The number of carbonyl (C=O) groups excluding carboxylic acids is 1. The zero-order valence-corrected chi connectivity index (χ0v) is 14.2. The highest BCUT2D eigenvalue weighted by atomic mass is 16.5. The second-order valence-corrected chi connectivity index (χ2v) is 5.82. The summed E-state index contributed by atoms with van der Waals surface area (Å²) < 4.78 is 7.18. The van der Waals surface area contributed by atoms with Gasteiger partial charge in [0.05, 0.1) is 11.7 Å². The van der Waals surface area contributed by atoms with Gasteiger partial charge in [0.2, 0.25) is 0 Å². The van der Waals surface area contributed by atoms with Crippen molar-refractivity contribution in [3.05, 3.63) is 72.3 Å². The van der Waals surface area contributed by atoms with Gasteiger partial charge in [0, 0.05) is 0 Å². The summed E-state index contributed by atoms with van der Waals surface area (Å²) in [5.41, 5.74) is 3.08. The van der Waals surface area contributed by atoms with Crippen molar-refractivity contribution >= 4 is 5.91 Å². The Morgan fingerprint density at radius 2 is 1.88 bits per heavy atom. The first-order chi connectivity index (χ1) is 12.1. The van der Waals surface area contributed by atoms with Gasteiger partial charge in [-0.25, -0.2) is 9.67 Å². The number of aromatic nitrogens is 3. The number of nitrogens with one attached hydrogen (secondary N) is 1. The summed E-state index contributed by atoms with van der Waals surface area (Å²) >= 11 is 0. The molecule has 0 saturated heterocycles. The third-order valence-electron chi connectivity index (χ3n) is 3.84. The number of rotatable bonds is 6. The molecule has 1 aromatic heterocycles. The highest BCUT2D eigenvalue weighted by molar-refractivity contribution is 5.78. The first kappa shape index (κ1) is 16.7. The van der Waals surface area contributed by atoms with E-state index in [1.165, 1.54) is 6.33 Å². The Morgan fingerprint density at radius 3 is 2.52 bits per heavy atom. The molecule has 0 fully saturated rings. The van der Waals surface area contributed by atoms with Crippen LogP contribution in [0.5, 0.6) is 5.75 Å². The van der Waals surface area contributed by atoms with Gasteiger partial charge in [0.25, 0.3) is 5.91 Å². The minimum Gasteiger partial charge on any atom is -0.484 e. The van der Waals surface area contributed by atoms with Gasteiger partial charge in [-0.3, -0.25) is 4.79 Å². The molecular weight excluding hydrogens is 316 g/mol. The Balaban J connectivity index is 1.53. The molecular formula is C19H20N4O2. The van der Waals surface area contributed by atoms with Gasteiger partial charge in [-0.1, -0.05) is 29.8 Å². The standard InChI is InChI=1S/C19H20N4O2/c1-14-3-9-18(10-4-14)25-11-19(24)22-15(2)16-5-7-17(8-6-16)23-13-20-12-21-23/h3-10,12-13,15H,11H2,1-2H3,(H,22,24)/t15-/m1/s1. The van der Waals surface area contributed by atoms with Crippen molar-refractivity contribution in [3.8, 4) is 11.4 Å².